The molecule has 3 heterocycles. The van der Waals surface area contributed by atoms with Crippen molar-refractivity contribution < 1.29 is 4.39 Å². The van der Waals surface area contributed by atoms with E-state index in [9.17, 15) is 4.39 Å². The van der Waals surface area contributed by atoms with Crippen LogP contribution in [0.4, 0.5) is 9.52 Å². The van der Waals surface area contributed by atoms with E-state index in [1.165, 1.54) is 48.3 Å². The number of allylic oxidation sites excluding steroid dienone is 1. The Morgan fingerprint density at radius 3 is 2.93 bits per heavy atom. The average Bonchev–Trinajstić information content (AvgIpc) is 3.36. The first-order valence-corrected chi connectivity index (χ1v) is 10.6. The van der Waals surface area contributed by atoms with E-state index in [1.807, 2.05) is 18.5 Å². The molecule has 1 aromatic carbocycles. The summed E-state index contributed by atoms with van der Waals surface area (Å²) in [5.41, 5.74) is 6.53. The fraction of sp³-hybridized carbons (Fsp3) is 0.381. The summed E-state index contributed by atoms with van der Waals surface area (Å²) in [4.78, 5) is 4.67. The summed E-state index contributed by atoms with van der Waals surface area (Å²) in [6.45, 7) is 1.85. The molecule has 3 aromatic rings. The summed E-state index contributed by atoms with van der Waals surface area (Å²) in [7, 11) is 0. The van der Waals surface area contributed by atoms with E-state index < -0.39 is 0 Å². The molecule has 0 amide bonds. The number of rotatable bonds is 5. The molecule has 2 aromatic heterocycles. The zero-order valence-electron chi connectivity index (χ0n) is 15.6. The van der Waals surface area contributed by atoms with E-state index in [-0.39, 0.29) is 11.2 Å². The highest BCUT2D eigenvalue weighted by Crippen LogP contribution is 2.49. The second-order valence-corrected chi connectivity index (χ2v) is 8.52. The van der Waals surface area contributed by atoms with E-state index >= 15 is 0 Å². The predicted molar refractivity (Wildman–Crippen MR) is 110 cm³/mol. The number of aromatic nitrogens is 4. The third-order valence-corrected chi connectivity index (χ3v) is 6.70. The molecule has 0 unspecified atom stereocenters. The zero-order valence-corrected chi connectivity index (χ0v) is 16.4. The maximum absolute atomic E-state index is 13.3. The minimum atomic E-state index is -0.218. The van der Waals surface area contributed by atoms with Gasteiger partial charge in [0.25, 0.3) is 0 Å². The van der Waals surface area contributed by atoms with Crippen molar-refractivity contribution in [3.63, 3.8) is 0 Å². The third-order valence-electron chi connectivity index (χ3n) is 6.05. The summed E-state index contributed by atoms with van der Waals surface area (Å²) in [6.07, 6.45) is 10.2. The number of hydrogen-bond donors (Lipinski definition) is 1. The van der Waals surface area contributed by atoms with Gasteiger partial charge in [-0.25, -0.2) is 9.37 Å². The molecule has 0 spiro atoms. The van der Waals surface area contributed by atoms with Crippen molar-refractivity contribution in [1.29, 1.82) is 0 Å². The Hall–Kier alpha value is -2.54. The monoisotopic (exact) mass is 395 g/mol. The van der Waals surface area contributed by atoms with Crippen LogP contribution in [-0.4, -0.2) is 26.3 Å². The van der Waals surface area contributed by atoms with Crippen molar-refractivity contribution in [2.24, 2.45) is 5.41 Å². The Morgan fingerprint density at radius 1 is 1.21 bits per heavy atom. The molecule has 2 aliphatic rings. The van der Waals surface area contributed by atoms with Crippen LogP contribution in [0.15, 0.2) is 41.7 Å². The predicted octanol–water partition coefficient (Wildman–Crippen LogP) is 5.00. The molecule has 28 heavy (non-hydrogen) atoms. The number of hydrogen-bond acceptors (Lipinski definition) is 5. The molecule has 1 N–H and O–H groups in total. The van der Waals surface area contributed by atoms with E-state index in [2.05, 4.69) is 31.1 Å². The van der Waals surface area contributed by atoms with Crippen molar-refractivity contribution >= 4 is 22.5 Å². The molecule has 0 saturated heterocycles. The number of anilines is 1. The largest absolute Gasteiger partial charge is 0.360 e. The third kappa shape index (κ3) is 3.13. The highest BCUT2D eigenvalue weighted by molar-refractivity contribution is 7.13. The highest BCUT2D eigenvalue weighted by Gasteiger charge is 2.39. The van der Waals surface area contributed by atoms with E-state index in [1.54, 1.807) is 5.51 Å². The van der Waals surface area contributed by atoms with Gasteiger partial charge in [0, 0.05) is 24.1 Å². The molecule has 7 heteroatoms. The molecule has 144 valence electrons. The number of halogens is 1. The summed E-state index contributed by atoms with van der Waals surface area (Å²) >= 11 is 1.54. The van der Waals surface area contributed by atoms with Crippen LogP contribution in [0.25, 0.3) is 17.3 Å². The number of imidazole rings is 1. The van der Waals surface area contributed by atoms with Crippen LogP contribution in [0.2, 0.25) is 0 Å². The molecule has 1 fully saturated rings. The van der Waals surface area contributed by atoms with Crippen molar-refractivity contribution in [2.45, 2.75) is 38.6 Å². The molecule has 1 saturated carbocycles. The normalized spacial score (nSPS) is 21.0. The van der Waals surface area contributed by atoms with Gasteiger partial charge in [-0.2, -0.15) is 0 Å². The van der Waals surface area contributed by atoms with Gasteiger partial charge in [0.2, 0.25) is 5.13 Å². The van der Waals surface area contributed by atoms with Gasteiger partial charge in [0.05, 0.1) is 17.7 Å². The minimum Gasteiger partial charge on any atom is -0.360 e. The van der Waals surface area contributed by atoms with Crippen LogP contribution in [0.1, 0.15) is 37.8 Å². The SMILES string of the molecule is Fc1ccc(-c2ncn3c2C=C2CCCC[C@@]2(CCNc2nncs2)C3)cc1. The average molecular weight is 396 g/mol. The van der Waals surface area contributed by atoms with Gasteiger partial charge in [0.1, 0.15) is 11.3 Å². The fourth-order valence-electron chi connectivity index (χ4n) is 4.62. The zero-order chi connectivity index (χ0) is 19.0. The smallest absolute Gasteiger partial charge is 0.205 e. The molecule has 5 rings (SSSR count). The summed E-state index contributed by atoms with van der Waals surface area (Å²) in [5, 5.41) is 12.3. The van der Waals surface area contributed by atoms with E-state index in [0.717, 1.165) is 48.0 Å². The Labute approximate surface area is 167 Å². The lowest BCUT2D eigenvalue weighted by molar-refractivity contribution is 0.216. The quantitative estimate of drug-likeness (QED) is 0.660. The van der Waals surface area contributed by atoms with Crippen LogP contribution in [0.5, 0.6) is 0 Å². The Kier molecular flexibility index (Phi) is 4.47. The van der Waals surface area contributed by atoms with Crippen LogP contribution >= 0.6 is 11.3 Å². The van der Waals surface area contributed by atoms with Crippen molar-refractivity contribution in [3.8, 4) is 11.3 Å². The van der Waals surface area contributed by atoms with Gasteiger partial charge in [-0.1, -0.05) is 23.3 Å². The standard InChI is InChI=1S/C21H22FN5S/c22-17-6-4-15(5-7-17)19-18-11-16-3-1-2-8-21(16,12-27(18)13-24-19)9-10-23-20-26-25-14-28-20/h4-7,11,13-14H,1-3,8-10,12H2,(H,23,26)/t21-/m1/s1. The van der Waals surface area contributed by atoms with Gasteiger partial charge in [0.15, 0.2) is 0 Å². The fourth-order valence-corrected chi connectivity index (χ4v) is 5.10. The Balaban J connectivity index is 1.43. The first kappa shape index (κ1) is 17.6. The Bertz CT molecular complexity index is 992. The highest BCUT2D eigenvalue weighted by atomic mass is 32.1. The van der Waals surface area contributed by atoms with Crippen molar-refractivity contribution in [2.75, 3.05) is 11.9 Å². The lowest BCUT2D eigenvalue weighted by Crippen LogP contribution is -2.36. The van der Waals surface area contributed by atoms with Crippen molar-refractivity contribution in [3.05, 3.63) is 53.2 Å². The number of fused-ring (bicyclic) bond motifs is 2. The summed E-state index contributed by atoms with van der Waals surface area (Å²) in [6, 6.07) is 6.62. The van der Waals surface area contributed by atoms with Crippen LogP contribution in [0.3, 0.4) is 0 Å². The topological polar surface area (TPSA) is 55.6 Å². The summed E-state index contributed by atoms with van der Waals surface area (Å²) in [5.74, 6) is -0.218. The minimum absolute atomic E-state index is 0.184. The van der Waals surface area contributed by atoms with E-state index in [0.29, 0.717) is 0 Å². The van der Waals surface area contributed by atoms with Gasteiger partial charge < -0.3 is 9.88 Å². The first-order valence-electron chi connectivity index (χ1n) is 9.76. The maximum atomic E-state index is 13.3. The molecule has 1 aliphatic heterocycles. The first-order chi connectivity index (χ1) is 13.7. The lowest BCUT2D eigenvalue weighted by Gasteiger charge is -2.43. The second-order valence-electron chi connectivity index (χ2n) is 7.69. The molecular formula is C21H22FN5S. The van der Waals surface area contributed by atoms with Gasteiger partial charge in [-0.3, -0.25) is 0 Å². The number of nitrogens with zero attached hydrogens (tertiary/aromatic N) is 4. The molecule has 1 atom stereocenters. The van der Waals surface area contributed by atoms with Crippen LogP contribution in [0, 0.1) is 11.2 Å². The molecule has 0 radical (unpaired) electrons. The number of benzene rings is 1. The molecule has 5 nitrogen and oxygen atoms in total. The maximum Gasteiger partial charge on any atom is 0.205 e. The Morgan fingerprint density at radius 2 is 2.11 bits per heavy atom. The van der Waals surface area contributed by atoms with Gasteiger partial charge in [-0.15, -0.1) is 10.2 Å². The van der Waals surface area contributed by atoms with E-state index in [4.69, 9.17) is 0 Å². The number of nitrogens with one attached hydrogen (secondary N) is 1. The second kappa shape index (κ2) is 7.13. The van der Waals surface area contributed by atoms with Crippen LogP contribution < -0.4 is 5.32 Å². The molecular weight excluding hydrogens is 373 g/mol. The van der Waals surface area contributed by atoms with Crippen molar-refractivity contribution in [1.82, 2.24) is 19.7 Å². The molecule has 0 bridgehead atoms. The van der Waals surface area contributed by atoms with Crippen LogP contribution in [-0.2, 0) is 6.54 Å². The van der Waals surface area contributed by atoms with Gasteiger partial charge in [-0.05, 0) is 56.0 Å². The molecule has 1 aliphatic carbocycles. The van der Waals surface area contributed by atoms with Gasteiger partial charge >= 0.3 is 0 Å². The lowest BCUT2D eigenvalue weighted by atomic mass is 9.66. The summed E-state index contributed by atoms with van der Waals surface area (Å²) < 4.78 is 15.6.